The van der Waals surface area contributed by atoms with E-state index in [1.165, 1.54) is 6.92 Å². The van der Waals surface area contributed by atoms with Gasteiger partial charge in [0.2, 0.25) is 29.5 Å². The molecule has 0 spiro atoms. The number of rotatable bonds is 14. The van der Waals surface area contributed by atoms with E-state index in [1.807, 2.05) is 6.92 Å². The maximum atomic E-state index is 11.6. The van der Waals surface area contributed by atoms with Gasteiger partial charge in [-0.1, -0.05) is 13.5 Å². The van der Waals surface area contributed by atoms with Crippen LogP contribution >= 0.6 is 0 Å². The van der Waals surface area contributed by atoms with Crippen molar-refractivity contribution in [3.05, 3.63) is 12.3 Å². The number of allylic oxidation sites excluding steroid dienone is 1. The second-order valence-corrected chi connectivity index (χ2v) is 5.90. The Morgan fingerprint density at radius 2 is 0.828 bits per heavy atom. The molecule has 0 aliphatic rings. The average Bonchev–Trinajstić information content (AvgIpc) is 2.69. The first-order chi connectivity index (χ1) is 13.6. The van der Waals surface area contributed by atoms with Gasteiger partial charge >= 0.3 is 0 Å². The summed E-state index contributed by atoms with van der Waals surface area (Å²) >= 11 is 0. The summed E-state index contributed by atoms with van der Waals surface area (Å²) in [6.07, 6.45) is 0.675. The smallest absolute Gasteiger partial charge is 0.239 e. The lowest BCUT2D eigenvalue weighted by atomic mass is 10.4. The molecular formula is C17H28N6O6. The van der Waals surface area contributed by atoms with Crippen LogP contribution in [0.2, 0.25) is 0 Å². The zero-order valence-corrected chi connectivity index (χ0v) is 16.6. The van der Waals surface area contributed by atoms with E-state index in [1.54, 1.807) is 0 Å². The van der Waals surface area contributed by atoms with E-state index in [0.29, 0.717) is 12.1 Å². The first-order valence-electron chi connectivity index (χ1n) is 8.88. The summed E-state index contributed by atoms with van der Waals surface area (Å²) in [5, 5.41) is 14.2. The van der Waals surface area contributed by atoms with Crippen molar-refractivity contribution < 1.29 is 28.8 Å². The number of hydrogen-bond donors (Lipinski definition) is 6. The number of nitrogens with one attached hydrogen (secondary N) is 6. The lowest BCUT2D eigenvalue weighted by Crippen LogP contribution is -2.46. The minimum Gasteiger partial charge on any atom is -0.380 e. The van der Waals surface area contributed by atoms with E-state index < -0.39 is 36.1 Å². The largest absolute Gasteiger partial charge is 0.380 e. The normalized spacial score (nSPS) is 9.59. The van der Waals surface area contributed by atoms with Crippen molar-refractivity contribution in [2.75, 3.05) is 39.3 Å². The lowest BCUT2D eigenvalue weighted by molar-refractivity contribution is -0.129. The fraction of sp³-hybridized carbons (Fsp3) is 0.529. The van der Waals surface area contributed by atoms with E-state index in [-0.39, 0.29) is 38.5 Å². The van der Waals surface area contributed by atoms with Crippen LogP contribution in [-0.4, -0.2) is 74.6 Å². The van der Waals surface area contributed by atoms with Crippen LogP contribution in [0.5, 0.6) is 0 Å². The second-order valence-electron chi connectivity index (χ2n) is 5.90. The van der Waals surface area contributed by atoms with Crippen LogP contribution in [-0.2, 0) is 28.8 Å². The number of hydrogen-bond acceptors (Lipinski definition) is 7. The van der Waals surface area contributed by atoms with E-state index in [9.17, 15) is 28.8 Å². The van der Waals surface area contributed by atoms with E-state index >= 15 is 0 Å². The Bertz CT molecular complexity index is 648. The van der Waals surface area contributed by atoms with Crippen LogP contribution in [0.4, 0.5) is 0 Å². The highest BCUT2D eigenvalue weighted by Gasteiger charge is 2.10. The van der Waals surface area contributed by atoms with Gasteiger partial charge in [0.15, 0.2) is 0 Å². The molecule has 0 aliphatic carbocycles. The van der Waals surface area contributed by atoms with Gasteiger partial charge in [-0.3, -0.25) is 28.8 Å². The third-order valence-electron chi connectivity index (χ3n) is 3.24. The fourth-order valence-corrected chi connectivity index (χ4v) is 1.58. The van der Waals surface area contributed by atoms with Crippen molar-refractivity contribution in [2.45, 2.75) is 20.3 Å². The minimum atomic E-state index is -0.623. The number of ketones is 1. The van der Waals surface area contributed by atoms with Crippen LogP contribution < -0.4 is 31.9 Å². The van der Waals surface area contributed by atoms with E-state index in [4.69, 9.17) is 0 Å². The molecule has 0 aromatic rings. The number of carbonyl (C=O) groups excluding carboxylic acids is 6. The molecule has 0 aliphatic heterocycles. The summed E-state index contributed by atoms with van der Waals surface area (Å²) in [6, 6.07) is 0. The molecule has 162 valence electrons. The maximum Gasteiger partial charge on any atom is 0.239 e. The Kier molecular flexibility index (Phi) is 12.9. The van der Waals surface area contributed by atoms with Crippen molar-refractivity contribution in [1.82, 2.24) is 31.9 Å². The van der Waals surface area contributed by atoms with Crippen LogP contribution in [0.25, 0.3) is 0 Å². The van der Waals surface area contributed by atoms with Crippen molar-refractivity contribution in [3.63, 3.8) is 0 Å². The van der Waals surface area contributed by atoms with Crippen molar-refractivity contribution in [2.24, 2.45) is 0 Å². The van der Waals surface area contributed by atoms with Crippen molar-refractivity contribution >= 4 is 35.3 Å². The highest BCUT2D eigenvalue weighted by molar-refractivity contribution is 5.91. The zero-order valence-electron chi connectivity index (χ0n) is 16.6. The molecule has 29 heavy (non-hydrogen) atoms. The predicted octanol–water partition coefficient (Wildman–Crippen LogP) is -3.33. The maximum absolute atomic E-state index is 11.6. The fourth-order valence-electron chi connectivity index (χ4n) is 1.58. The standard InChI is InChI=1S/C17H28N6O6/c1-4-11(2)18-6-13(25)20-8-15(27)22-10-17(29)23-9-16(28)21-7-14(26)19-5-12(3)24/h18H,2,4-10H2,1,3H3,(H,19,26)(H,20,25)(H,21,28)(H,22,27)(H,23,29). The monoisotopic (exact) mass is 412 g/mol. The molecule has 0 unspecified atom stereocenters. The summed E-state index contributed by atoms with van der Waals surface area (Å²) in [5.74, 6) is -2.98. The predicted molar refractivity (Wildman–Crippen MR) is 103 cm³/mol. The molecule has 0 rings (SSSR count). The molecule has 6 N–H and O–H groups in total. The third-order valence-corrected chi connectivity index (χ3v) is 3.24. The molecule has 0 aromatic heterocycles. The van der Waals surface area contributed by atoms with Gasteiger partial charge in [-0.15, -0.1) is 0 Å². The highest BCUT2D eigenvalue weighted by atomic mass is 16.2. The Labute approximate surface area is 168 Å². The van der Waals surface area contributed by atoms with Gasteiger partial charge in [0, 0.05) is 5.70 Å². The molecule has 0 saturated carbocycles. The first kappa shape index (κ1) is 25.6. The van der Waals surface area contributed by atoms with Gasteiger partial charge in [-0.05, 0) is 13.3 Å². The lowest BCUT2D eigenvalue weighted by Gasteiger charge is -2.09. The van der Waals surface area contributed by atoms with Crippen LogP contribution in [0.3, 0.4) is 0 Å². The molecule has 12 nitrogen and oxygen atoms in total. The molecule has 0 fully saturated rings. The third kappa shape index (κ3) is 15.3. The molecule has 0 heterocycles. The molecule has 0 atom stereocenters. The van der Waals surface area contributed by atoms with Gasteiger partial charge in [-0.25, -0.2) is 0 Å². The topological polar surface area (TPSA) is 175 Å². The Hall–Kier alpha value is -3.44. The minimum absolute atomic E-state index is 0.0116. The summed E-state index contributed by atoms with van der Waals surface area (Å²) in [5.41, 5.74) is 0.696. The zero-order chi connectivity index (χ0) is 22.2. The second kappa shape index (κ2) is 14.6. The van der Waals surface area contributed by atoms with Gasteiger partial charge < -0.3 is 31.9 Å². The molecule has 0 bridgehead atoms. The molecule has 0 saturated heterocycles. The van der Waals surface area contributed by atoms with Crippen LogP contribution in [0.15, 0.2) is 12.3 Å². The highest BCUT2D eigenvalue weighted by Crippen LogP contribution is 1.87. The molecule has 5 amide bonds. The Morgan fingerprint density at radius 3 is 1.10 bits per heavy atom. The average molecular weight is 412 g/mol. The van der Waals surface area contributed by atoms with Crippen LogP contribution in [0, 0.1) is 0 Å². The summed E-state index contributed by atoms with van der Waals surface area (Å²) in [4.78, 5) is 68.2. The van der Waals surface area contributed by atoms with Gasteiger partial charge in [0.05, 0.1) is 39.3 Å². The summed E-state index contributed by atoms with van der Waals surface area (Å²) in [6.45, 7) is 5.31. The summed E-state index contributed by atoms with van der Waals surface area (Å²) < 4.78 is 0. The van der Waals surface area contributed by atoms with E-state index in [2.05, 4.69) is 38.5 Å². The van der Waals surface area contributed by atoms with Gasteiger partial charge in [0.1, 0.15) is 5.78 Å². The molecule has 12 heteroatoms. The number of Topliss-reactive ketones (excluding diaryl/α,β-unsaturated/α-hetero) is 1. The Balaban J connectivity index is 3.86. The molecular weight excluding hydrogens is 384 g/mol. The Morgan fingerprint density at radius 1 is 0.552 bits per heavy atom. The SMILES string of the molecule is C=C(CC)NCC(=O)NCC(=O)NCC(=O)NCC(=O)NCC(=O)NCC(C)=O. The van der Waals surface area contributed by atoms with Gasteiger partial charge in [-0.2, -0.15) is 0 Å². The van der Waals surface area contributed by atoms with Crippen molar-refractivity contribution in [1.29, 1.82) is 0 Å². The molecule has 0 radical (unpaired) electrons. The quantitative estimate of drug-likeness (QED) is 0.173. The summed E-state index contributed by atoms with van der Waals surface area (Å²) in [7, 11) is 0. The molecule has 0 aromatic carbocycles. The number of amides is 5. The van der Waals surface area contributed by atoms with Gasteiger partial charge in [0.25, 0.3) is 0 Å². The van der Waals surface area contributed by atoms with Crippen LogP contribution in [0.1, 0.15) is 20.3 Å². The first-order valence-corrected chi connectivity index (χ1v) is 8.88. The number of carbonyl (C=O) groups is 6. The van der Waals surface area contributed by atoms with Crippen molar-refractivity contribution in [3.8, 4) is 0 Å². The van der Waals surface area contributed by atoms with E-state index in [0.717, 1.165) is 0 Å².